The highest BCUT2D eigenvalue weighted by Gasteiger charge is 2.15. The molecule has 1 unspecified atom stereocenters. The normalized spacial score (nSPS) is 12.2. The number of hydrogen-bond acceptors (Lipinski definition) is 3. The molecule has 1 N–H and O–H groups in total. The van der Waals surface area contributed by atoms with Crippen molar-refractivity contribution in [1.29, 1.82) is 0 Å². The van der Waals surface area contributed by atoms with Crippen LogP contribution in [0.15, 0.2) is 34.9 Å². The highest BCUT2D eigenvalue weighted by molar-refractivity contribution is 5.93. The molecular weight excluding hydrogens is 259 g/mol. The Morgan fingerprint density at radius 1 is 1.40 bits per heavy atom. The minimum atomic E-state index is -0.320. The number of nitrogens with zero attached hydrogens (tertiary/aromatic N) is 1. The summed E-state index contributed by atoms with van der Waals surface area (Å²) in [6.45, 7) is 4.01. The van der Waals surface area contributed by atoms with Gasteiger partial charge in [0, 0.05) is 17.7 Å². The van der Waals surface area contributed by atoms with E-state index in [-0.39, 0.29) is 23.5 Å². The van der Waals surface area contributed by atoms with Crippen LogP contribution < -0.4 is 5.32 Å². The Labute approximate surface area is 117 Å². The van der Waals surface area contributed by atoms with Crippen molar-refractivity contribution in [2.75, 3.05) is 0 Å². The lowest BCUT2D eigenvalue weighted by molar-refractivity contribution is 0.0929. The maximum atomic E-state index is 12.8. The summed E-state index contributed by atoms with van der Waals surface area (Å²) in [6.07, 6.45) is 1.91. The Balaban J connectivity index is 2.08. The number of aromatic nitrogens is 1. The summed E-state index contributed by atoms with van der Waals surface area (Å²) >= 11 is 0. The molecule has 1 atom stereocenters. The quantitative estimate of drug-likeness (QED) is 0.910. The molecule has 1 aromatic carbocycles. The smallest absolute Gasteiger partial charge is 0.273 e. The van der Waals surface area contributed by atoms with Crippen molar-refractivity contribution in [3.05, 3.63) is 41.8 Å². The van der Waals surface area contributed by atoms with Crippen LogP contribution in [0.4, 0.5) is 4.39 Å². The summed E-state index contributed by atoms with van der Waals surface area (Å²) in [5.41, 5.74) is 0.909. The fourth-order valence-electron chi connectivity index (χ4n) is 1.94. The van der Waals surface area contributed by atoms with Gasteiger partial charge in [-0.05, 0) is 37.6 Å². The number of rotatable bonds is 5. The molecule has 5 heteroatoms. The van der Waals surface area contributed by atoms with Gasteiger partial charge in [0.25, 0.3) is 5.91 Å². The van der Waals surface area contributed by atoms with Gasteiger partial charge in [-0.3, -0.25) is 4.79 Å². The van der Waals surface area contributed by atoms with Gasteiger partial charge in [0.2, 0.25) is 0 Å². The van der Waals surface area contributed by atoms with Gasteiger partial charge in [-0.25, -0.2) is 4.39 Å². The zero-order valence-corrected chi connectivity index (χ0v) is 11.5. The predicted octanol–water partition coefficient (Wildman–Crippen LogP) is 3.40. The van der Waals surface area contributed by atoms with Gasteiger partial charge in [0.1, 0.15) is 5.82 Å². The number of halogens is 1. The third-order valence-electron chi connectivity index (χ3n) is 2.97. The molecular formula is C15H17FN2O2. The minimum absolute atomic E-state index is 0.0958. The van der Waals surface area contributed by atoms with Gasteiger partial charge in [-0.15, -0.1) is 0 Å². The Morgan fingerprint density at radius 3 is 2.75 bits per heavy atom. The van der Waals surface area contributed by atoms with Crippen molar-refractivity contribution in [2.45, 2.75) is 32.7 Å². The van der Waals surface area contributed by atoms with E-state index in [4.69, 9.17) is 4.52 Å². The Hall–Kier alpha value is -2.17. The van der Waals surface area contributed by atoms with Crippen LogP contribution in [0, 0.1) is 5.82 Å². The molecule has 20 heavy (non-hydrogen) atoms. The second-order valence-electron chi connectivity index (χ2n) is 4.75. The predicted molar refractivity (Wildman–Crippen MR) is 73.7 cm³/mol. The number of hydrogen-bond donors (Lipinski definition) is 1. The van der Waals surface area contributed by atoms with E-state index in [2.05, 4.69) is 17.4 Å². The average molecular weight is 276 g/mol. The van der Waals surface area contributed by atoms with E-state index in [1.54, 1.807) is 18.2 Å². The number of benzene rings is 1. The molecule has 2 rings (SSSR count). The third-order valence-corrected chi connectivity index (χ3v) is 2.97. The number of carbonyl (C=O) groups is 1. The maximum absolute atomic E-state index is 12.8. The first-order valence-electron chi connectivity index (χ1n) is 6.63. The van der Waals surface area contributed by atoms with Crippen LogP contribution in [0.1, 0.15) is 37.2 Å². The van der Waals surface area contributed by atoms with Gasteiger partial charge >= 0.3 is 0 Å². The van der Waals surface area contributed by atoms with Crippen LogP contribution in [-0.4, -0.2) is 17.1 Å². The van der Waals surface area contributed by atoms with Crippen LogP contribution in [-0.2, 0) is 0 Å². The first-order valence-corrected chi connectivity index (χ1v) is 6.63. The van der Waals surface area contributed by atoms with Crippen LogP contribution in [0.5, 0.6) is 0 Å². The highest BCUT2D eigenvalue weighted by atomic mass is 19.1. The lowest BCUT2D eigenvalue weighted by Gasteiger charge is -2.10. The molecule has 0 radical (unpaired) electrons. The fraction of sp³-hybridized carbons (Fsp3) is 0.333. The van der Waals surface area contributed by atoms with E-state index in [1.165, 1.54) is 12.1 Å². The van der Waals surface area contributed by atoms with E-state index in [1.807, 2.05) is 6.92 Å². The molecule has 0 bridgehead atoms. The standard InChI is InChI=1S/C15H17FN2O2/c1-3-4-10(2)17-15(19)13-9-14(20-18-13)11-5-7-12(16)8-6-11/h5-10H,3-4H2,1-2H3,(H,17,19). The zero-order chi connectivity index (χ0) is 14.5. The third kappa shape index (κ3) is 3.44. The van der Waals surface area contributed by atoms with Crippen LogP contribution in [0.25, 0.3) is 11.3 Å². The fourth-order valence-corrected chi connectivity index (χ4v) is 1.94. The summed E-state index contributed by atoms with van der Waals surface area (Å²) < 4.78 is 18.0. The minimum Gasteiger partial charge on any atom is -0.355 e. The molecule has 4 nitrogen and oxygen atoms in total. The van der Waals surface area contributed by atoms with Crippen molar-refractivity contribution in [1.82, 2.24) is 10.5 Å². The summed E-state index contributed by atoms with van der Waals surface area (Å²) in [6, 6.07) is 7.48. The van der Waals surface area contributed by atoms with Crippen LogP contribution in [0.2, 0.25) is 0 Å². The van der Waals surface area contributed by atoms with Gasteiger partial charge in [-0.1, -0.05) is 18.5 Å². The average Bonchev–Trinajstić information content (AvgIpc) is 2.89. The SMILES string of the molecule is CCCC(C)NC(=O)c1cc(-c2ccc(F)cc2)on1. The highest BCUT2D eigenvalue weighted by Crippen LogP contribution is 2.20. The summed E-state index contributed by atoms with van der Waals surface area (Å²) in [5, 5.41) is 6.60. The Morgan fingerprint density at radius 2 is 2.10 bits per heavy atom. The van der Waals surface area contributed by atoms with Crippen molar-refractivity contribution in [2.24, 2.45) is 0 Å². The second-order valence-corrected chi connectivity index (χ2v) is 4.75. The molecule has 1 amide bonds. The first-order chi connectivity index (χ1) is 9.60. The summed E-state index contributed by atoms with van der Waals surface area (Å²) in [4.78, 5) is 11.9. The molecule has 0 fully saturated rings. The van der Waals surface area contributed by atoms with Crippen molar-refractivity contribution in [3.63, 3.8) is 0 Å². The Kier molecular flexibility index (Phi) is 4.50. The van der Waals surface area contributed by atoms with Gasteiger partial charge in [-0.2, -0.15) is 0 Å². The van der Waals surface area contributed by atoms with Crippen LogP contribution in [0.3, 0.4) is 0 Å². The number of nitrogens with one attached hydrogen (secondary N) is 1. The summed E-state index contributed by atoms with van der Waals surface area (Å²) in [7, 11) is 0. The lowest BCUT2D eigenvalue weighted by Crippen LogP contribution is -2.32. The van der Waals surface area contributed by atoms with Gasteiger partial charge in [0.05, 0.1) is 0 Å². The second kappa shape index (κ2) is 6.32. The topological polar surface area (TPSA) is 55.1 Å². The van der Waals surface area contributed by atoms with Gasteiger partial charge < -0.3 is 9.84 Å². The largest absolute Gasteiger partial charge is 0.355 e. The molecule has 0 saturated carbocycles. The molecule has 106 valence electrons. The van der Waals surface area contributed by atoms with Crippen molar-refractivity contribution >= 4 is 5.91 Å². The van der Waals surface area contributed by atoms with Crippen LogP contribution >= 0.6 is 0 Å². The maximum Gasteiger partial charge on any atom is 0.273 e. The molecule has 0 aliphatic rings. The van der Waals surface area contributed by atoms with E-state index in [0.717, 1.165) is 12.8 Å². The van der Waals surface area contributed by atoms with Crippen molar-refractivity contribution < 1.29 is 13.7 Å². The zero-order valence-electron chi connectivity index (χ0n) is 11.5. The summed E-state index contributed by atoms with van der Waals surface area (Å²) in [5.74, 6) is -0.138. The molecule has 1 aromatic heterocycles. The molecule has 0 spiro atoms. The molecule has 0 saturated heterocycles. The Bertz CT molecular complexity index is 578. The van der Waals surface area contributed by atoms with Gasteiger partial charge in [0.15, 0.2) is 11.5 Å². The molecule has 2 aromatic rings. The lowest BCUT2D eigenvalue weighted by atomic mass is 10.1. The van der Waals surface area contributed by atoms with E-state index in [0.29, 0.717) is 11.3 Å². The van der Waals surface area contributed by atoms with Crippen molar-refractivity contribution in [3.8, 4) is 11.3 Å². The van der Waals surface area contributed by atoms with E-state index >= 15 is 0 Å². The number of carbonyl (C=O) groups excluding carboxylic acids is 1. The molecule has 0 aliphatic carbocycles. The van der Waals surface area contributed by atoms with E-state index < -0.39 is 0 Å². The molecule has 1 heterocycles. The number of amides is 1. The molecule has 0 aliphatic heterocycles. The monoisotopic (exact) mass is 276 g/mol. The van der Waals surface area contributed by atoms with E-state index in [9.17, 15) is 9.18 Å². The first kappa shape index (κ1) is 14.2.